The van der Waals surface area contributed by atoms with Gasteiger partial charge in [-0.2, -0.15) is 0 Å². The molecule has 2 unspecified atom stereocenters. The van der Waals surface area contributed by atoms with E-state index >= 15 is 0 Å². The van der Waals surface area contributed by atoms with Crippen molar-refractivity contribution >= 4 is 15.7 Å². The van der Waals surface area contributed by atoms with Gasteiger partial charge in [-0.15, -0.1) is 0 Å². The molecule has 0 aromatic carbocycles. The fourth-order valence-corrected chi connectivity index (χ4v) is 4.57. The Kier molecular flexibility index (Phi) is 4.47. The second-order valence-corrected chi connectivity index (χ2v) is 7.80. The number of likely N-dealkylation sites (tertiary alicyclic amines) is 1. The van der Waals surface area contributed by atoms with Crippen LogP contribution in [0.4, 0.5) is 0 Å². The van der Waals surface area contributed by atoms with Gasteiger partial charge in [-0.1, -0.05) is 0 Å². The summed E-state index contributed by atoms with van der Waals surface area (Å²) in [4.78, 5) is 15.9. The van der Waals surface area contributed by atoms with Gasteiger partial charge in [0.1, 0.15) is 0 Å². The monoisotopic (exact) mass is 289 g/mol. The fourth-order valence-electron chi connectivity index (χ4n) is 2.80. The number of carbonyl (C=O) groups is 1. The molecule has 6 nitrogen and oxygen atoms in total. The highest BCUT2D eigenvalue weighted by molar-refractivity contribution is 7.91. The summed E-state index contributed by atoms with van der Waals surface area (Å²) < 4.78 is 22.9. The molecule has 19 heavy (non-hydrogen) atoms. The Bertz CT molecular complexity index is 438. The van der Waals surface area contributed by atoms with Crippen molar-refractivity contribution in [3.8, 4) is 0 Å². The molecule has 2 heterocycles. The minimum absolute atomic E-state index is 0.0267. The van der Waals surface area contributed by atoms with Crippen LogP contribution in [0.2, 0.25) is 0 Å². The number of rotatable bonds is 4. The molecular formula is C12H23N3O3S. The van der Waals surface area contributed by atoms with Crippen LogP contribution in [0.5, 0.6) is 0 Å². The summed E-state index contributed by atoms with van der Waals surface area (Å²) in [5.41, 5.74) is 0. The predicted molar refractivity (Wildman–Crippen MR) is 73.7 cm³/mol. The van der Waals surface area contributed by atoms with Gasteiger partial charge >= 0.3 is 0 Å². The highest BCUT2D eigenvalue weighted by atomic mass is 32.2. The lowest BCUT2D eigenvalue weighted by atomic mass is 10.2. The van der Waals surface area contributed by atoms with E-state index in [1.165, 1.54) is 0 Å². The van der Waals surface area contributed by atoms with E-state index in [0.717, 1.165) is 19.5 Å². The average molecular weight is 289 g/mol. The van der Waals surface area contributed by atoms with E-state index in [-0.39, 0.29) is 23.5 Å². The Balaban J connectivity index is 1.83. The molecule has 0 saturated carbocycles. The van der Waals surface area contributed by atoms with Crippen molar-refractivity contribution in [2.45, 2.75) is 24.9 Å². The standard InChI is InChI=1S/C12H23N3O3S/c1-13-10-3-5-15(7-10)8-12(16)14(2)11-4-6-19(17,18)9-11/h10-11,13H,3-9H2,1-2H3. The van der Waals surface area contributed by atoms with Crippen molar-refractivity contribution in [2.24, 2.45) is 0 Å². The lowest BCUT2D eigenvalue weighted by Crippen LogP contribution is -2.44. The van der Waals surface area contributed by atoms with Crippen LogP contribution in [0.3, 0.4) is 0 Å². The molecule has 0 aliphatic carbocycles. The summed E-state index contributed by atoms with van der Waals surface area (Å²) in [7, 11) is 0.726. The molecule has 0 aromatic rings. The van der Waals surface area contributed by atoms with Crippen LogP contribution >= 0.6 is 0 Å². The Hall–Kier alpha value is -0.660. The van der Waals surface area contributed by atoms with Gasteiger partial charge in [0.15, 0.2) is 9.84 Å². The Morgan fingerprint density at radius 3 is 2.68 bits per heavy atom. The Labute approximate surface area is 115 Å². The highest BCUT2D eigenvalue weighted by Gasteiger charge is 2.33. The van der Waals surface area contributed by atoms with E-state index in [1.807, 2.05) is 7.05 Å². The summed E-state index contributed by atoms with van der Waals surface area (Å²) in [5, 5.41) is 3.22. The fraction of sp³-hybridized carbons (Fsp3) is 0.917. The molecular weight excluding hydrogens is 266 g/mol. The van der Waals surface area contributed by atoms with Gasteiger partial charge < -0.3 is 10.2 Å². The first-order chi connectivity index (χ1) is 8.91. The number of likely N-dealkylation sites (N-methyl/N-ethyl adjacent to an activating group) is 2. The van der Waals surface area contributed by atoms with Gasteiger partial charge in [0.2, 0.25) is 5.91 Å². The third-order valence-corrected chi connectivity index (χ3v) is 5.94. The van der Waals surface area contributed by atoms with Gasteiger partial charge in [0, 0.05) is 32.2 Å². The van der Waals surface area contributed by atoms with Crippen molar-refractivity contribution in [3.05, 3.63) is 0 Å². The van der Waals surface area contributed by atoms with Crippen molar-refractivity contribution in [1.82, 2.24) is 15.1 Å². The molecule has 2 fully saturated rings. The summed E-state index contributed by atoms with van der Waals surface area (Å²) in [6.07, 6.45) is 1.63. The first-order valence-electron chi connectivity index (χ1n) is 6.77. The summed E-state index contributed by atoms with van der Waals surface area (Å²) >= 11 is 0. The molecule has 2 saturated heterocycles. The maximum Gasteiger partial charge on any atom is 0.236 e. The molecule has 1 N–H and O–H groups in total. The van der Waals surface area contributed by atoms with Gasteiger partial charge in [-0.3, -0.25) is 9.69 Å². The zero-order valence-corrected chi connectivity index (χ0v) is 12.4. The number of amides is 1. The van der Waals surface area contributed by atoms with Crippen LogP contribution in [0.1, 0.15) is 12.8 Å². The molecule has 2 aliphatic rings. The van der Waals surface area contributed by atoms with Gasteiger partial charge in [-0.05, 0) is 19.9 Å². The summed E-state index contributed by atoms with van der Waals surface area (Å²) in [6, 6.07) is 0.324. The van der Waals surface area contributed by atoms with E-state index in [9.17, 15) is 13.2 Å². The lowest BCUT2D eigenvalue weighted by Gasteiger charge is -2.26. The summed E-state index contributed by atoms with van der Waals surface area (Å²) in [6.45, 7) is 2.21. The van der Waals surface area contributed by atoms with E-state index in [1.54, 1.807) is 11.9 Å². The molecule has 110 valence electrons. The topological polar surface area (TPSA) is 69.7 Å². The number of nitrogens with zero attached hydrogens (tertiary/aromatic N) is 2. The molecule has 0 aromatic heterocycles. The molecule has 0 radical (unpaired) electrons. The minimum atomic E-state index is -2.93. The predicted octanol–water partition coefficient (Wildman–Crippen LogP) is -1.07. The second kappa shape index (κ2) is 5.76. The lowest BCUT2D eigenvalue weighted by molar-refractivity contribution is -0.132. The third kappa shape index (κ3) is 3.67. The molecule has 2 rings (SSSR count). The molecule has 2 atom stereocenters. The second-order valence-electron chi connectivity index (χ2n) is 5.57. The number of hydrogen-bond acceptors (Lipinski definition) is 5. The first kappa shape index (κ1) is 14.7. The third-order valence-electron chi connectivity index (χ3n) is 4.19. The zero-order valence-electron chi connectivity index (χ0n) is 11.6. The van der Waals surface area contributed by atoms with Crippen molar-refractivity contribution < 1.29 is 13.2 Å². The number of nitrogens with one attached hydrogen (secondary N) is 1. The minimum Gasteiger partial charge on any atom is -0.341 e. The summed E-state index contributed by atoms with van der Waals surface area (Å²) in [5.74, 6) is 0.355. The number of carbonyl (C=O) groups excluding carboxylic acids is 1. The SMILES string of the molecule is CNC1CCN(CC(=O)N(C)C2CCS(=O)(=O)C2)C1. The maximum absolute atomic E-state index is 12.2. The van der Waals surface area contributed by atoms with E-state index < -0.39 is 9.84 Å². The largest absolute Gasteiger partial charge is 0.341 e. The van der Waals surface area contributed by atoms with Gasteiger partial charge in [-0.25, -0.2) is 8.42 Å². The normalized spacial score (nSPS) is 30.6. The smallest absolute Gasteiger partial charge is 0.236 e. The van der Waals surface area contributed by atoms with E-state index in [0.29, 0.717) is 19.0 Å². The molecule has 1 amide bonds. The number of hydrogen-bond donors (Lipinski definition) is 1. The van der Waals surface area contributed by atoms with Crippen LogP contribution < -0.4 is 5.32 Å². The van der Waals surface area contributed by atoms with Gasteiger partial charge in [0.25, 0.3) is 0 Å². The van der Waals surface area contributed by atoms with Crippen LogP contribution in [0.15, 0.2) is 0 Å². The van der Waals surface area contributed by atoms with Crippen LogP contribution in [-0.2, 0) is 14.6 Å². The van der Waals surface area contributed by atoms with Crippen molar-refractivity contribution in [2.75, 3.05) is 45.2 Å². The highest BCUT2D eigenvalue weighted by Crippen LogP contribution is 2.17. The van der Waals surface area contributed by atoms with Gasteiger partial charge in [0.05, 0.1) is 18.1 Å². The molecule has 0 bridgehead atoms. The quantitative estimate of drug-likeness (QED) is 0.713. The van der Waals surface area contributed by atoms with E-state index in [4.69, 9.17) is 0 Å². The number of sulfone groups is 1. The van der Waals surface area contributed by atoms with Crippen molar-refractivity contribution in [3.63, 3.8) is 0 Å². The van der Waals surface area contributed by atoms with Crippen molar-refractivity contribution in [1.29, 1.82) is 0 Å². The first-order valence-corrected chi connectivity index (χ1v) is 8.59. The van der Waals surface area contributed by atoms with E-state index in [2.05, 4.69) is 10.2 Å². The Morgan fingerprint density at radius 2 is 2.16 bits per heavy atom. The average Bonchev–Trinajstić information content (AvgIpc) is 2.94. The molecule has 7 heteroatoms. The Morgan fingerprint density at radius 1 is 1.42 bits per heavy atom. The van der Waals surface area contributed by atoms with Crippen LogP contribution in [0, 0.1) is 0 Å². The van der Waals surface area contributed by atoms with Crippen LogP contribution in [-0.4, -0.2) is 81.4 Å². The zero-order chi connectivity index (χ0) is 14.0. The van der Waals surface area contributed by atoms with Crippen LogP contribution in [0.25, 0.3) is 0 Å². The molecule has 2 aliphatic heterocycles. The maximum atomic E-state index is 12.2. The molecule has 0 spiro atoms.